The van der Waals surface area contributed by atoms with E-state index < -0.39 is 17.7 Å². The fourth-order valence-electron chi connectivity index (χ4n) is 2.46. The fourth-order valence-corrected chi connectivity index (χ4v) is 2.46. The molecule has 6 heteroatoms. The maximum atomic E-state index is 12.0. The standard InChI is InChI=1S/C15H29N3O3/c1-6-18-9-7-8-12(18)10-16-13(19)11(2)17-14(20)21-15(3,4)5/h11-12H,6-10H2,1-5H3,(H,16,19)(H,17,20)/t11-,12?/m1/s1. The summed E-state index contributed by atoms with van der Waals surface area (Å²) in [6.45, 7) is 11.9. The number of carbonyl (C=O) groups is 2. The number of alkyl carbamates (subject to hydrolysis) is 1. The second-order valence-corrected chi connectivity index (χ2v) is 6.54. The maximum Gasteiger partial charge on any atom is 0.408 e. The molecule has 1 aliphatic heterocycles. The van der Waals surface area contributed by atoms with Crippen LogP contribution in [-0.4, -0.2) is 54.2 Å². The van der Waals surface area contributed by atoms with Crippen molar-refractivity contribution in [1.29, 1.82) is 0 Å². The van der Waals surface area contributed by atoms with E-state index in [1.807, 2.05) is 0 Å². The summed E-state index contributed by atoms with van der Waals surface area (Å²) in [5.74, 6) is -0.177. The van der Waals surface area contributed by atoms with Crippen LogP contribution in [-0.2, 0) is 9.53 Å². The van der Waals surface area contributed by atoms with Crippen LogP contribution in [0, 0.1) is 0 Å². The van der Waals surface area contributed by atoms with Gasteiger partial charge < -0.3 is 15.4 Å². The molecule has 1 rings (SSSR count). The van der Waals surface area contributed by atoms with Gasteiger partial charge in [0.05, 0.1) is 0 Å². The first-order valence-corrected chi connectivity index (χ1v) is 7.74. The fraction of sp³-hybridized carbons (Fsp3) is 0.867. The Bertz CT molecular complexity index is 366. The van der Waals surface area contributed by atoms with Crippen molar-refractivity contribution in [2.75, 3.05) is 19.6 Å². The van der Waals surface area contributed by atoms with E-state index in [2.05, 4.69) is 22.5 Å². The lowest BCUT2D eigenvalue weighted by molar-refractivity contribution is -0.123. The van der Waals surface area contributed by atoms with Crippen molar-refractivity contribution in [2.45, 2.75) is 65.1 Å². The van der Waals surface area contributed by atoms with Crippen LogP contribution >= 0.6 is 0 Å². The zero-order valence-corrected chi connectivity index (χ0v) is 13.9. The Morgan fingerprint density at radius 3 is 2.62 bits per heavy atom. The Morgan fingerprint density at radius 1 is 1.38 bits per heavy atom. The van der Waals surface area contributed by atoms with Crippen molar-refractivity contribution in [1.82, 2.24) is 15.5 Å². The predicted molar refractivity (Wildman–Crippen MR) is 82.1 cm³/mol. The first kappa shape index (κ1) is 17.8. The van der Waals surface area contributed by atoms with E-state index in [1.54, 1.807) is 27.7 Å². The molecule has 2 atom stereocenters. The third-order valence-electron chi connectivity index (χ3n) is 3.54. The Balaban J connectivity index is 2.32. The van der Waals surface area contributed by atoms with Gasteiger partial charge in [-0.3, -0.25) is 9.69 Å². The van der Waals surface area contributed by atoms with E-state index >= 15 is 0 Å². The summed E-state index contributed by atoms with van der Waals surface area (Å²) < 4.78 is 5.13. The number of likely N-dealkylation sites (tertiary alicyclic amines) is 1. The summed E-state index contributed by atoms with van der Waals surface area (Å²) in [4.78, 5) is 26.0. The number of rotatable bonds is 5. The van der Waals surface area contributed by atoms with Gasteiger partial charge in [0.25, 0.3) is 0 Å². The molecule has 2 N–H and O–H groups in total. The summed E-state index contributed by atoms with van der Waals surface area (Å²) in [7, 11) is 0. The number of amides is 2. The number of likely N-dealkylation sites (N-methyl/N-ethyl adjacent to an activating group) is 1. The van der Waals surface area contributed by atoms with E-state index in [9.17, 15) is 9.59 Å². The average Bonchev–Trinajstić information content (AvgIpc) is 2.80. The topological polar surface area (TPSA) is 70.7 Å². The van der Waals surface area contributed by atoms with Crippen molar-refractivity contribution in [2.24, 2.45) is 0 Å². The lowest BCUT2D eigenvalue weighted by atomic mass is 10.2. The van der Waals surface area contributed by atoms with Gasteiger partial charge in [0, 0.05) is 12.6 Å². The Morgan fingerprint density at radius 2 is 2.05 bits per heavy atom. The van der Waals surface area contributed by atoms with Crippen LogP contribution in [0.5, 0.6) is 0 Å². The molecule has 0 aromatic rings. The van der Waals surface area contributed by atoms with E-state index in [0.29, 0.717) is 12.6 Å². The molecule has 0 spiro atoms. The molecule has 2 amide bonds. The largest absolute Gasteiger partial charge is 0.444 e. The average molecular weight is 299 g/mol. The minimum absolute atomic E-state index is 0.177. The summed E-state index contributed by atoms with van der Waals surface area (Å²) in [6, 6.07) is -0.191. The number of ether oxygens (including phenoxy) is 1. The summed E-state index contributed by atoms with van der Waals surface area (Å²) in [5, 5.41) is 5.46. The zero-order chi connectivity index (χ0) is 16.0. The SMILES string of the molecule is CCN1CCCC1CNC(=O)[C@@H](C)NC(=O)OC(C)(C)C. The second kappa shape index (κ2) is 7.64. The lowest BCUT2D eigenvalue weighted by Crippen LogP contribution is -2.49. The van der Waals surface area contributed by atoms with Crippen LogP contribution < -0.4 is 10.6 Å². The van der Waals surface area contributed by atoms with Gasteiger partial charge in [-0.2, -0.15) is 0 Å². The van der Waals surface area contributed by atoms with Crippen LogP contribution in [0.4, 0.5) is 4.79 Å². The molecule has 0 aliphatic carbocycles. The molecule has 0 bridgehead atoms. The second-order valence-electron chi connectivity index (χ2n) is 6.54. The minimum Gasteiger partial charge on any atom is -0.444 e. The van der Waals surface area contributed by atoms with Gasteiger partial charge in [-0.1, -0.05) is 6.92 Å². The van der Waals surface area contributed by atoms with Gasteiger partial charge in [0.15, 0.2) is 0 Å². The molecular weight excluding hydrogens is 270 g/mol. The zero-order valence-electron chi connectivity index (χ0n) is 13.9. The Labute approximate surface area is 127 Å². The molecule has 122 valence electrons. The van der Waals surface area contributed by atoms with Gasteiger partial charge in [-0.05, 0) is 53.6 Å². The molecule has 0 aromatic carbocycles. The molecule has 0 radical (unpaired) electrons. The lowest BCUT2D eigenvalue weighted by Gasteiger charge is -2.24. The van der Waals surface area contributed by atoms with Crippen molar-refractivity contribution in [3.05, 3.63) is 0 Å². The van der Waals surface area contributed by atoms with Crippen LogP contribution in [0.1, 0.15) is 47.5 Å². The number of hydrogen-bond acceptors (Lipinski definition) is 4. The van der Waals surface area contributed by atoms with Crippen molar-refractivity contribution >= 4 is 12.0 Å². The van der Waals surface area contributed by atoms with Gasteiger partial charge in [0.1, 0.15) is 11.6 Å². The van der Waals surface area contributed by atoms with Crippen LogP contribution in [0.2, 0.25) is 0 Å². The van der Waals surface area contributed by atoms with Gasteiger partial charge in [-0.15, -0.1) is 0 Å². The van der Waals surface area contributed by atoms with Gasteiger partial charge in [-0.25, -0.2) is 4.79 Å². The monoisotopic (exact) mass is 299 g/mol. The van der Waals surface area contributed by atoms with Gasteiger partial charge >= 0.3 is 6.09 Å². The molecule has 6 nitrogen and oxygen atoms in total. The summed E-state index contributed by atoms with van der Waals surface area (Å²) >= 11 is 0. The van der Waals surface area contributed by atoms with E-state index in [-0.39, 0.29) is 5.91 Å². The highest BCUT2D eigenvalue weighted by molar-refractivity contribution is 5.85. The molecule has 1 saturated heterocycles. The molecule has 0 saturated carbocycles. The molecule has 1 unspecified atom stereocenters. The van der Waals surface area contributed by atoms with E-state index in [1.165, 1.54) is 6.42 Å². The number of nitrogens with zero attached hydrogens (tertiary/aromatic N) is 1. The van der Waals surface area contributed by atoms with Crippen LogP contribution in [0.3, 0.4) is 0 Å². The molecule has 1 fully saturated rings. The molecule has 1 heterocycles. The highest BCUT2D eigenvalue weighted by Gasteiger charge is 2.25. The van der Waals surface area contributed by atoms with Crippen molar-refractivity contribution in [3.8, 4) is 0 Å². The van der Waals surface area contributed by atoms with Gasteiger partial charge in [0.2, 0.25) is 5.91 Å². The number of carbonyl (C=O) groups excluding carboxylic acids is 2. The smallest absolute Gasteiger partial charge is 0.408 e. The highest BCUT2D eigenvalue weighted by Crippen LogP contribution is 2.15. The van der Waals surface area contributed by atoms with Crippen LogP contribution in [0.25, 0.3) is 0 Å². The number of hydrogen-bond donors (Lipinski definition) is 2. The number of nitrogens with one attached hydrogen (secondary N) is 2. The Hall–Kier alpha value is -1.30. The first-order chi connectivity index (χ1) is 9.73. The quantitative estimate of drug-likeness (QED) is 0.807. The predicted octanol–water partition coefficient (Wildman–Crippen LogP) is 1.50. The summed E-state index contributed by atoms with van der Waals surface area (Å²) in [5.41, 5.74) is -0.564. The minimum atomic E-state index is -0.601. The van der Waals surface area contributed by atoms with Crippen LogP contribution in [0.15, 0.2) is 0 Å². The normalized spacial score (nSPS) is 20.9. The first-order valence-electron chi connectivity index (χ1n) is 7.74. The maximum absolute atomic E-state index is 12.0. The van der Waals surface area contributed by atoms with Crippen molar-refractivity contribution < 1.29 is 14.3 Å². The van der Waals surface area contributed by atoms with E-state index in [4.69, 9.17) is 4.74 Å². The Kier molecular flexibility index (Phi) is 6.45. The molecule has 0 aromatic heterocycles. The molecule has 21 heavy (non-hydrogen) atoms. The van der Waals surface area contributed by atoms with E-state index in [0.717, 1.165) is 19.5 Å². The molecular formula is C15H29N3O3. The third-order valence-corrected chi connectivity index (χ3v) is 3.54. The highest BCUT2D eigenvalue weighted by atomic mass is 16.6. The van der Waals surface area contributed by atoms with Crippen molar-refractivity contribution in [3.63, 3.8) is 0 Å². The third kappa shape index (κ3) is 6.33. The summed E-state index contributed by atoms with van der Waals surface area (Å²) in [6.07, 6.45) is 1.73. The molecule has 1 aliphatic rings.